The van der Waals surface area contributed by atoms with E-state index in [0.29, 0.717) is 11.5 Å². The molecule has 0 saturated carbocycles. The molecule has 0 atom stereocenters. The number of nitrogens with one attached hydrogen (secondary N) is 2. The molecule has 0 radical (unpaired) electrons. The molecule has 5 aromatic heterocycles. The Balaban J connectivity index is 1.44. The van der Waals surface area contributed by atoms with Gasteiger partial charge in [-0.25, -0.2) is 9.97 Å². The number of H-pyrrole nitrogens is 2. The summed E-state index contributed by atoms with van der Waals surface area (Å²) in [6.45, 7) is 4.04. The van der Waals surface area contributed by atoms with Gasteiger partial charge in [0.1, 0.15) is 11.2 Å². The van der Waals surface area contributed by atoms with Crippen molar-refractivity contribution in [2.75, 3.05) is 38.1 Å². The third kappa shape index (κ3) is 3.10. The van der Waals surface area contributed by atoms with E-state index in [9.17, 15) is 0 Å². The molecule has 1 saturated heterocycles. The highest BCUT2D eigenvalue weighted by atomic mass is 15.3. The second-order valence-corrected chi connectivity index (χ2v) is 7.83. The molecule has 5 aromatic rings. The Morgan fingerprint density at radius 2 is 1.90 bits per heavy atom. The maximum atomic E-state index is 4.76. The average molecular weight is 411 g/mol. The second kappa shape index (κ2) is 7.13. The number of rotatable bonds is 3. The van der Waals surface area contributed by atoms with Crippen LogP contribution in [0, 0.1) is 0 Å². The number of piperazine rings is 1. The molecule has 0 aliphatic carbocycles. The van der Waals surface area contributed by atoms with Crippen molar-refractivity contribution < 1.29 is 0 Å². The lowest BCUT2D eigenvalue weighted by atomic mass is 10.1. The molecule has 0 aromatic carbocycles. The third-order valence-corrected chi connectivity index (χ3v) is 5.84. The topological polar surface area (TPSA) is 103 Å². The first-order valence-corrected chi connectivity index (χ1v) is 10.3. The molecule has 0 spiro atoms. The predicted molar refractivity (Wildman–Crippen MR) is 120 cm³/mol. The van der Waals surface area contributed by atoms with Crippen LogP contribution in [-0.4, -0.2) is 73.2 Å². The lowest BCUT2D eigenvalue weighted by molar-refractivity contribution is 0.313. The molecule has 0 amide bonds. The summed E-state index contributed by atoms with van der Waals surface area (Å²) >= 11 is 0. The molecular weight excluding hydrogens is 390 g/mol. The molecule has 1 fully saturated rings. The van der Waals surface area contributed by atoms with Gasteiger partial charge in [-0.3, -0.25) is 15.1 Å². The number of aromatic nitrogens is 7. The van der Waals surface area contributed by atoms with E-state index in [-0.39, 0.29) is 0 Å². The van der Waals surface area contributed by atoms with Gasteiger partial charge in [0, 0.05) is 55.7 Å². The number of hydrogen-bond acceptors (Lipinski definition) is 7. The van der Waals surface area contributed by atoms with Gasteiger partial charge in [0.2, 0.25) is 0 Å². The zero-order valence-electron chi connectivity index (χ0n) is 17.1. The van der Waals surface area contributed by atoms with Gasteiger partial charge in [0.25, 0.3) is 0 Å². The minimum atomic E-state index is 0.693. The number of pyridine rings is 3. The van der Waals surface area contributed by atoms with Crippen LogP contribution in [-0.2, 0) is 0 Å². The molecule has 0 bridgehead atoms. The Morgan fingerprint density at radius 1 is 1.00 bits per heavy atom. The van der Waals surface area contributed by atoms with E-state index in [1.807, 2.05) is 24.4 Å². The van der Waals surface area contributed by atoms with Crippen molar-refractivity contribution >= 4 is 27.8 Å². The normalized spacial score (nSPS) is 15.2. The zero-order valence-corrected chi connectivity index (χ0v) is 17.1. The van der Waals surface area contributed by atoms with Crippen LogP contribution < -0.4 is 4.90 Å². The minimum Gasteiger partial charge on any atom is -0.367 e. The Morgan fingerprint density at radius 3 is 2.74 bits per heavy atom. The first-order chi connectivity index (χ1) is 15.3. The summed E-state index contributed by atoms with van der Waals surface area (Å²) in [5, 5.41) is 8.55. The van der Waals surface area contributed by atoms with Gasteiger partial charge in [-0.1, -0.05) is 0 Å². The second-order valence-electron chi connectivity index (χ2n) is 7.83. The molecular formula is C22H21N9. The van der Waals surface area contributed by atoms with Crippen molar-refractivity contribution in [1.82, 2.24) is 40.0 Å². The lowest BCUT2D eigenvalue weighted by Crippen LogP contribution is -2.44. The fraction of sp³-hybridized carbons (Fsp3) is 0.227. The van der Waals surface area contributed by atoms with Gasteiger partial charge in [-0.15, -0.1) is 0 Å². The van der Waals surface area contributed by atoms with Crippen molar-refractivity contribution in [3.05, 3.63) is 49.1 Å². The summed E-state index contributed by atoms with van der Waals surface area (Å²) in [4.78, 5) is 26.2. The highest BCUT2D eigenvalue weighted by Gasteiger charge is 2.20. The molecule has 0 unspecified atom stereocenters. The average Bonchev–Trinajstić information content (AvgIpc) is 3.43. The van der Waals surface area contributed by atoms with Crippen molar-refractivity contribution in [3.63, 3.8) is 0 Å². The summed E-state index contributed by atoms with van der Waals surface area (Å²) in [6.07, 6.45) is 7.18. The Hall–Kier alpha value is -3.85. The predicted octanol–water partition coefficient (Wildman–Crippen LogP) is 2.71. The third-order valence-electron chi connectivity index (χ3n) is 5.84. The van der Waals surface area contributed by atoms with Crippen LogP contribution in [0.1, 0.15) is 0 Å². The van der Waals surface area contributed by atoms with E-state index in [4.69, 9.17) is 4.98 Å². The molecule has 154 valence electrons. The first-order valence-electron chi connectivity index (χ1n) is 10.3. The number of anilines is 1. The molecule has 6 rings (SSSR count). The monoisotopic (exact) mass is 411 g/mol. The molecule has 9 heteroatoms. The minimum absolute atomic E-state index is 0.693. The van der Waals surface area contributed by atoms with Gasteiger partial charge in [-0.05, 0) is 31.3 Å². The van der Waals surface area contributed by atoms with Crippen molar-refractivity contribution in [1.29, 1.82) is 0 Å². The lowest BCUT2D eigenvalue weighted by Gasteiger charge is -2.34. The highest BCUT2D eigenvalue weighted by molar-refractivity contribution is 5.95. The summed E-state index contributed by atoms with van der Waals surface area (Å²) in [6, 6.07) is 7.98. The summed E-state index contributed by atoms with van der Waals surface area (Å²) in [5.41, 5.74) is 6.19. The molecule has 1 aliphatic heterocycles. The van der Waals surface area contributed by atoms with E-state index in [0.717, 1.165) is 65.2 Å². The van der Waals surface area contributed by atoms with E-state index in [2.05, 4.69) is 53.0 Å². The molecule has 1 aliphatic rings. The summed E-state index contributed by atoms with van der Waals surface area (Å²) in [7, 11) is 2.16. The molecule has 6 heterocycles. The highest BCUT2D eigenvalue weighted by Crippen LogP contribution is 2.31. The Kier molecular flexibility index (Phi) is 4.13. The number of fused-ring (bicyclic) bond motifs is 2. The van der Waals surface area contributed by atoms with Crippen LogP contribution in [0.25, 0.3) is 44.8 Å². The maximum Gasteiger partial charge on any atom is 0.180 e. The summed E-state index contributed by atoms with van der Waals surface area (Å²) < 4.78 is 0. The van der Waals surface area contributed by atoms with Gasteiger partial charge in [0.15, 0.2) is 11.5 Å². The van der Waals surface area contributed by atoms with E-state index >= 15 is 0 Å². The van der Waals surface area contributed by atoms with Gasteiger partial charge in [0.05, 0.1) is 23.1 Å². The first kappa shape index (κ1) is 18.0. The van der Waals surface area contributed by atoms with E-state index < -0.39 is 0 Å². The summed E-state index contributed by atoms with van der Waals surface area (Å²) in [5.74, 6) is 0.693. The van der Waals surface area contributed by atoms with Gasteiger partial charge < -0.3 is 14.8 Å². The van der Waals surface area contributed by atoms with Crippen molar-refractivity contribution in [3.8, 4) is 22.8 Å². The van der Waals surface area contributed by atoms with Crippen LogP contribution in [0.4, 0.5) is 5.69 Å². The van der Waals surface area contributed by atoms with E-state index in [1.165, 1.54) is 0 Å². The number of likely N-dealkylation sites (N-methyl/N-ethyl adjacent to an activating group) is 1. The number of nitrogens with zero attached hydrogens (tertiary/aromatic N) is 7. The van der Waals surface area contributed by atoms with Crippen LogP contribution in [0.3, 0.4) is 0 Å². The smallest absolute Gasteiger partial charge is 0.180 e. The maximum absolute atomic E-state index is 4.76. The number of hydrogen-bond donors (Lipinski definition) is 2. The van der Waals surface area contributed by atoms with Gasteiger partial charge in [-0.2, -0.15) is 5.10 Å². The molecule has 2 N–H and O–H groups in total. The van der Waals surface area contributed by atoms with E-state index in [1.54, 1.807) is 18.6 Å². The fourth-order valence-corrected chi connectivity index (χ4v) is 4.09. The zero-order chi connectivity index (χ0) is 20.8. The van der Waals surface area contributed by atoms with Crippen LogP contribution >= 0.6 is 0 Å². The van der Waals surface area contributed by atoms with Crippen molar-refractivity contribution in [2.24, 2.45) is 0 Å². The van der Waals surface area contributed by atoms with Gasteiger partial charge >= 0.3 is 0 Å². The van der Waals surface area contributed by atoms with Crippen LogP contribution in [0.5, 0.6) is 0 Å². The Bertz CT molecular complexity index is 1360. The number of imidazole rings is 1. The molecule has 9 nitrogen and oxygen atoms in total. The largest absolute Gasteiger partial charge is 0.367 e. The SMILES string of the molecule is CN1CCN(c2ccnc3nc(-c4n[nH]c5cnc(-c6cccnc6)cc45)[nH]c23)CC1. The van der Waals surface area contributed by atoms with Crippen molar-refractivity contribution in [2.45, 2.75) is 0 Å². The fourth-order valence-electron chi connectivity index (χ4n) is 4.09. The standard InChI is InChI=1S/C22H21N9/c1-30-7-9-31(10-8-30)18-4-6-24-21-20(18)26-22(27-21)19-15-11-16(14-3-2-5-23-12-14)25-13-17(15)28-29-19/h2-6,11-13H,7-10H2,1H3,(H,28,29)(H,24,26,27). The van der Waals surface area contributed by atoms with Crippen LogP contribution in [0.15, 0.2) is 49.1 Å². The molecule has 31 heavy (non-hydrogen) atoms. The Labute approximate surface area is 178 Å². The van der Waals surface area contributed by atoms with Crippen LogP contribution in [0.2, 0.25) is 0 Å². The number of aromatic amines is 2. The quantitative estimate of drug-likeness (QED) is 0.471.